The third kappa shape index (κ3) is 3.66. The van der Waals surface area contributed by atoms with E-state index in [2.05, 4.69) is 16.0 Å². The summed E-state index contributed by atoms with van der Waals surface area (Å²) in [4.78, 5) is 19.8. The number of hydrogen-bond acceptors (Lipinski definition) is 3. The minimum Gasteiger partial charge on any atom is -0.340 e. The summed E-state index contributed by atoms with van der Waals surface area (Å²) in [6.45, 7) is 7.52. The first-order chi connectivity index (χ1) is 8.25. The third-order valence-corrected chi connectivity index (χ3v) is 3.54. The number of carbonyl (C=O) groups excluding carboxylic acids is 1. The van der Waals surface area contributed by atoms with Crippen LogP contribution >= 0.6 is 0 Å². The largest absolute Gasteiger partial charge is 0.340 e. The molecule has 0 radical (unpaired) electrons. The van der Waals surface area contributed by atoms with E-state index in [1.54, 1.807) is 6.92 Å². The average molecular weight is 235 g/mol. The summed E-state index contributed by atoms with van der Waals surface area (Å²) < 4.78 is 0. The SMILES string of the molecule is CC(=O)N1CCN(CCC2=CC=NCC2)CC1. The molecule has 0 aromatic rings. The van der Waals surface area contributed by atoms with E-state index in [1.807, 2.05) is 11.1 Å². The molecule has 0 aromatic heterocycles. The molecule has 2 aliphatic heterocycles. The zero-order chi connectivity index (χ0) is 12.1. The summed E-state index contributed by atoms with van der Waals surface area (Å²) in [5, 5.41) is 0. The molecule has 4 nitrogen and oxygen atoms in total. The van der Waals surface area contributed by atoms with E-state index >= 15 is 0 Å². The van der Waals surface area contributed by atoms with Gasteiger partial charge in [-0.2, -0.15) is 0 Å². The Hall–Kier alpha value is -1.16. The van der Waals surface area contributed by atoms with Gasteiger partial charge < -0.3 is 4.90 Å². The van der Waals surface area contributed by atoms with Gasteiger partial charge >= 0.3 is 0 Å². The molecular formula is C13H21N3O. The third-order valence-electron chi connectivity index (χ3n) is 3.54. The van der Waals surface area contributed by atoms with E-state index in [1.165, 1.54) is 5.57 Å². The molecule has 1 saturated heterocycles. The molecule has 0 atom stereocenters. The van der Waals surface area contributed by atoms with Crippen molar-refractivity contribution in [2.24, 2.45) is 4.99 Å². The lowest BCUT2D eigenvalue weighted by molar-refractivity contribution is -0.130. The van der Waals surface area contributed by atoms with Crippen molar-refractivity contribution in [2.45, 2.75) is 19.8 Å². The Morgan fingerprint density at radius 3 is 2.71 bits per heavy atom. The maximum Gasteiger partial charge on any atom is 0.219 e. The first-order valence-electron chi connectivity index (χ1n) is 6.41. The second-order valence-corrected chi connectivity index (χ2v) is 4.73. The van der Waals surface area contributed by atoms with Crippen LogP contribution in [-0.4, -0.2) is 61.2 Å². The maximum atomic E-state index is 11.2. The minimum absolute atomic E-state index is 0.204. The van der Waals surface area contributed by atoms with Gasteiger partial charge in [0, 0.05) is 52.4 Å². The van der Waals surface area contributed by atoms with Gasteiger partial charge in [0.25, 0.3) is 0 Å². The van der Waals surface area contributed by atoms with Crippen LogP contribution in [0.2, 0.25) is 0 Å². The second kappa shape index (κ2) is 5.96. The molecule has 17 heavy (non-hydrogen) atoms. The van der Waals surface area contributed by atoms with Gasteiger partial charge in [0.1, 0.15) is 0 Å². The molecule has 0 bridgehead atoms. The number of hydrogen-bond donors (Lipinski definition) is 0. The minimum atomic E-state index is 0.204. The van der Waals surface area contributed by atoms with Gasteiger partial charge in [0.05, 0.1) is 0 Å². The van der Waals surface area contributed by atoms with Gasteiger partial charge in [-0.05, 0) is 18.9 Å². The van der Waals surface area contributed by atoms with Crippen LogP contribution in [0.1, 0.15) is 19.8 Å². The number of dihydropyridines is 1. The fraction of sp³-hybridized carbons (Fsp3) is 0.692. The van der Waals surface area contributed by atoms with Crippen molar-refractivity contribution in [1.29, 1.82) is 0 Å². The molecule has 0 unspecified atom stereocenters. The lowest BCUT2D eigenvalue weighted by atomic mass is 10.1. The number of piperazine rings is 1. The summed E-state index contributed by atoms with van der Waals surface area (Å²) in [7, 11) is 0. The molecule has 4 heteroatoms. The normalized spacial score (nSPS) is 21.5. The van der Waals surface area contributed by atoms with Crippen LogP contribution in [0.4, 0.5) is 0 Å². The van der Waals surface area contributed by atoms with Crippen LogP contribution in [0.5, 0.6) is 0 Å². The predicted molar refractivity (Wildman–Crippen MR) is 69.4 cm³/mol. The zero-order valence-corrected chi connectivity index (χ0v) is 10.6. The molecule has 0 N–H and O–H groups in total. The highest BCUT2D eigenvalue weighted by Gasteiger charge is 2.18. The van der Waals surface area contributed by atoms with Crippen molar-refractivity contribution in [3.8, 4) is 0 Å². The molecule has 0 aliphatic carbocycles. The molecule has 94 valence electrons. The van der Waals surface area contributed by atoms with E-state index in [9.17, 15) is 4.79 Å². The number of rotatable bonds is 3. The number of amides is 1. The van der Waals surface area contributed by atoms with Crippen LogP contribution in [0.25, 0.3) is 0 Å². The maximum absolute atomic E-state index is 11.2. The fourth-order valence-corrected chi connectivity index (χ4v) is 2.32. The summed E-state index contributed by atoms with van der Waals surface area (Å²) in [5.74, 6) is 0.204. The summed E-state index contributed by atoms with van der Waals surface area (Å²) >= 11 is 0. The lowest BCUT2D eigenvalue weighted by Crippen LogP contribution is -2.48. The van der Waals surface area contributed by atoms with Crippen molar-refractivity contribution >= 4 is 12.1 Å². The molecule has 0 spiro atoms. The van der Waals surface area contributed by atoms with Crippen LogP contribution in [0, 0.1) is 0 Å². The van der Waals surface area contributed by atoms with Crippen molar-refractivity contribution < 1.29 is 4.79 Å². The molecule has 0 aromatic carbocycles. The molecule has 2 rings (SSSR count). The Morgan fingerprint density at radius 1 is 1.35 bits per heavy atom. The Balaban J connectivity index is 1.69. The Labute approximate surface area is 103 Å². The van der Waals surface area contributed by atoms with Gasteiger partial charge in [-0.25, -0.2) is 0 Å². The standard InChI is InChI=1S/C13H21N3O/c1-12(17)16-10-8-15(9-11-16)7-4-13-2-5-14-6-3-13/h2,5H,3-4,6-11H2,1H3. The molecular weight excluding hydrogens is 214 g/mol. The number of carbonyl (C=O) groups is 1. The highest BCUT2D eigenvalue weighted by atomic mass is 16.2. The first-order valence-corrected chi connectivity index (χ1v) is 6.41. The Morgan fingerprint density at radius 2 is 2.12 bits per heavy atom. The summed E-state index contributed by atoms with van der Waals surface area (Å²) in [6, 6.07) is 0. The predicted octanol–water partition coefficient (Wildman–Crippen LogP) is 0.941. The van der Waals surface area contributed by atoms with Gasteiger partial charge in [-0.1, -0.05) is 5.57 Å². The average Bonchev–Trinajstić information content (AvgIpc) is 2.38. The zero-order valence-electron chi connectivity index (χ0n) is 10.6. The number of allylic oxidation sites excluding steroid dienone is 1. The quantitative estimate of drug-likeness (QED) is 0.730. The van der Waals surface area contributed by atoms with E-state index in [0.29, 0.717) is 0 Å². The van der Waals surface area contributed by atoms with E-state index in [0.717, 1.165) is 52.1 Å². The number of aliphatic imine (C=N–C) groups is 1. The van der Waals surface area contributed by atoms with Crippen LogP contribution in [-0.2, 0) is 4.79 Å². The molecule has 0 saturated carbocycles. The monoisotopic (exact) mass is 235 g/mol. The van der Waals surface area contributed by atoms with Crippen LogP contribution in [0.3, 0.4) is 0 Å². The smallest absolute Gasteiger partial charge is 0.219 e. The van der Waals surface area contributed by atoms with E-state index in [4.69, 9.17) is 0 Å². The highest BCUT2D eigenvalue weighted by Crippen LogP contribution is 2.12. The van der Waals surface area contributed by atoms with Crippen molar-refractivity contribution in [3.05, 3.63) is 11.6 Å². The Bertz CT molecular complexity index is 328. The fourth-order valence-electron chi connectivity index (χ4n) is 2.32. The molecule has 1 amide bonds. The molecule has 2 heterocycles. The highest BCUT2D eigenvalue weighted by molar-refractivity contribution is 5.73. The van der Waals surface area contributed by atoms with E-state index < -0.39 is 0 Å². The van der Waals surface area contributed by atoms with Crippen LogP contribution in [0.15, 0.2) is 16.6 Å². The van der Waals surface area contributed by atoms with Crippen molar-refractivity contribution in [1.82, 2.24) is 9.80 Å². The summed E-state index contributed by atoms with van der Waals surface area (Å²) in [6.07, 6.45) is 6.33. The van der Waals surface area contributed by atoms with Gasteiger partial charge in [0.15, 0.2) is 0 Å². The van der Waals surface area contributed by atoms with Gasteiger partial charge in [-0.3, -0.25) is 14.7 Å². The summed E-state index contributed by atoms with van der Waals surface area (Å²) in [5.41, 5.74) is 1.51. The Kier molecular flexibility index (Phi) is 4.31. The van der Waals surface area contributed by atoms with Gasteiger partial charge in [0.2, 0.25) is 5.91 Å². The first kappa shape index (κ1) is 12.3. The molecule has 1 fully saturated rings. The van der Waals surface area contributed by atoms with Crippen LogP contribution < -0.4 is 0 Å². The lowest BCUT2D eigenvalue weighted by Gasteiger charge is -2.34. The van der Waals surface area contributed by atoms with Crippen molar-refractivity contribution in [3.63, 3.8) is 0 Å². The van der Waals surface area contributed by atoms with Gasteiger partial charge in [-0.15, -0.1) is 0 Å². The topological polar surface area (TPSA) is 35.9 Å². The van der Waals surface area contributed by atoms with Crippen molar-refractivity contribution in [2.75, 3.05) is 39.3 Å². The van der Waals surface area contributed by atoms with E-state index in [-0.39, 0.29) is 5.91 Å². The molecule has 2 aliphatic rings. The number of nitrogens with zero attached hydrogens (tertiary/aromatic N) is 3. The second-order valence-electron chi connectivity index (χ2n) is 4.73.